The fourth-order valence-electron chi connectivity index (χ4n) is 6.63. The number of aromatic nitrogens is 3. The summed E-state index contributed by atoms with van der Waals surface area (Å²) in [4.78, 5) is 7.14. The van der Waals surface area contributed by atoms with Crippen LogP contribution in [0, 0.1) is 12.1 Å². The SMILES string of the molecule is Cn1[cH+]n(-c2[c-]c(Oc3[c-]c4c(cc3)C(C)(C)c3ccccc3N4c3cc(C(C)(C)C)ccn3)cc(C(C)(C)C)c2)c2ccccc21.[Pt]. The van der Waals surface area contributed by atoms with Crippen molar-refractivity contribution < 1.29 is 25.8 Å². The molecular weight excluding hydrogens is 772 g/mol. The van der Waals surface area contributed by atoms with Crippen LogP contribution < -0.4 is 9.64 Å². The van der Waals surface area contributed by atoms with Gasteiger partial charge in [-0.05, 0) is 57.7 Å². The molecule has 0 radical (unpaired) electrons. The van der Waals surface area contributed by atoms with Gasteiger partial charge in [-0.3, -0.25) is 0 Å². The van der Waals surface area contributed by atoms with E-state index in [4.69, 9.17) is 9.72 Å². The third kappa shape index (κ3) is 5.87. The summed E-state index contributed by atoms with van der Waals surface area (Å²) in [6.45, 7) is 17.9. The number of hydrogen-bond donors (Lipinski definition) is 0. The second kappa shape index (κ2) is 12.0. The van der Waals surface area contributed by atoms with Crippen LogP contribution >= 0.6 is 0 Å². The number of anilines is 3. The summed E-state index contributed by atoms with van der Waals surface area (Å²) in [6, 6.07) is 37.2. The quantitative estimate of drug-likeness (QED) is 0.166. The molecule has 0 bridgehead atoms. The maximum atomic E-state index is 6.70. The Hall–Kier alpha value is -4.21. The fourth-order valence-corrected chi connectivity index (χ4v) is 6.63. The number of aryl methyl sites for hydroxylation is 1. The summed E-state index contributed by atoms with van der Waals surface area (Å²) in [7, 11) is 2.07. The Bertz CT molecular complexity index is 2150. The number of para-hydroxylation sites is 3. The number of fused-ring (bicyclic) bond motifs is 3. The van der Waals surface area contributed by atoms with Crippen LogP contribution in [0.2, 0.25) is 0 Å². The zero-order chi connectivity index (χ0) is 33.3. The zero-order valence-corrected chi connectivity index (χ0v) is 31.5. The van der Waals surface area contributed by atoms with Crippen molar-refractivity contribution in [2.75, 3.05) is 4.90 Å². The molecule has 6 heteroatoms. The third-order valence-electron chi connectivity index (χ3n) is 9.44. The van der Waals surface area contributed by atoms with Crippen LogP contribution in [0.1, 0.15) is 77.6 Å². The maximum absolute atomic E-state index is 6.70. The minimum atomic E-state index is -0.241. The van der Waals surface area contributed by atoms with E-state index >= 15 is 0 Å². The maximum Gasteiger partial charge on any atom is 0.188 e. The molecule has 2 aromatic heterocycles. The number of hydrogen-bond acceptors (Lipinski definition) is 3. The van der Waals surface area contributed by atoms with Crippen LogP contribution in [0.5, 0.6) is 11.5 Å². The van der Waals surface area contributed by atoms with E-state index in [1.165, 1.54) is 22.3 Å². The van der Waals surface area contributed by atoms with Crippen LogP contribution in [0.4, 0.5) is 17.2 Å². The fraction of sp³-hybridized carbons (Fsp3) is 0.286. The largest absolute Gasteiger partial charge is 0.508 e. The molecule has 0 unspecified atom stereocenters. The topological polar surface area (TPSA) is 35.2 Å². The average Bonchev–Trinajstić information content (AvgIpc) is 3.37. The van der Waals surface area contributed by atoms with Gasteiger partial charge in [0.05, 0.1) is 0 Å². The monoisotopic (exact) mass is 814 g/mol. The molecule has 1 aliphatic rings. The van der Waals surface area contributed by atoms with E-state index in [0.29, 0.717) is 11.5 Å². The van der Waals surface area contributed by atoms with Crippen LogP contribution in [-0.4, -0.2) is 14.1 Å². The van der Waals surface area contributed by atoms with Gasteiger partial charge in [-0.2, -0.15) is 6.07 Å². The van der Waals surface area contributed by atoms with E-state index in [2.05, 4.69) is 174 Å². The van der Waals surface area contributed by atoms with Crippen LogP contribution in [0.25, 0.3) is 16.7 Å². The second-order valence-corrected chi connectivity index (χ2v) is 15.3. The molecule has 248 valence electrons. The van der Waals surface area contributed by atoms with Gasteiger partial charge >= 0.3 is 0 Å². The molecule has 1 aliphatic heterocycles. The average molecular weight is 815 g/mol. The Morgan fingerprint density at radius 1 is 0.729 bits per heavy atom. The standard InChI is InChI=1S/C42H43N4O.Pt/c1-40(2,3)28-20-21-43-39(24-28)46-35-15-11-10-14-33(35)42(7,8)34-19-18-31(26-38(34)46)47-32-23-29(41(4,5)6)22-30(25-32)45-27-44(9)36-16-12-13-17-37(36)45;/h10-24,27H,1-9H3;/q-1;. The van der Waals surface area contributed by atoms with Crippen LogP contribution in [-0.2, 0) is 44.4 Å². The van der Waals surface area contributed by atoms with E-state index in [9.17, 15) is 0 Å². The van der Waals surface area contributed by atoms with E-state index in [0.717, 1.165) is 33.9 Å². The Morgan fingerprint density at radius 3 is 2.15 bits per heavy atom. The summed E-state index contributed by atoms with van der Waals surface area (Å²) in [5, 5.41) is 0. The number of pyridine rings is 1. The Kier molecular flexibility index (Phi) is 8.45. The van der Waals surface area contributed by atoms with Crippen molar-refractivity contribution in [2.24, 2.45) is 7.05 Å². The molecule has 0 saturated heterocycles. The van der Waals surface area contributed by atoms with Crippen molar-refractivity contribution >= 4 is 28.2 Å². The number of ether oxygens (including phenoxy) is 1. The predicted octanol–water partition coefficient (Wildman–Crippen LogP) is 10.7. The van der Waals surface area contributed by atoms with Gasteiger partial charge < -0.3 is 9.64 Å². The van der Waals surface area contributed by atoms with Crippen molar-refractivity contribution in [1.29, 1.82) is 0 Å². The van der Waals surface area contributed by atoms with E-state index in [1.54, 1.807) is 0 Å². The molecule has 4 aromatic carbocycles. The minimum absolute atomic E-state index is 0. The first-order valence-corrected chi connectivity index (χ1v) is 16.4. The number of rotatable bonds is 4. The third-order valence-corrected chi connectivity index (χ3v) is 9.44. The molecule has 0 aliphatic carbocycles. The molecule has 0 fully saturated rings. The van der Waals surface area contributed by atoms with Crippen LogP contribution in [0.15, 0.2) is 97.5 Å². The molecular formula is C42H43N4OPt-. The molecule has 5 nitrogen and oxygen atoms in total. The number of benzene rings is 4. The molecule has 0 atom stereocenters. The summed E-state index contributed by atoms with van der Waals surface area (Å²) in [5.41, 5.74) is 9.71. The first-order chi connectivity index (χ1) is 22.2. The Balaban J connectivity index is 0.00000401. The number of nitrogens with zero attached hydrogens (tertiary/aromatic N) is 4. The van der Waals surface area contributed by atoms with Gasteiger partial charge in [-0.15, -0.1) is 29.3 Å². The Labute approximate surface area is 299 Å². The van der Waals surface area contributed by atoms with Crippen molar-refractivity contribution in [1.82, 2.24) is 14.1 Å². The first kappa shape index (κ1) is 33.7. The predicted molar refractivity (Wildman–Crippen MR) is 193 cm³/mol. The van der Waals surface area contributed by atoms with Gasteiger partial charge in [-0.25, -0.2) is 14.1 Å². The molecule has 7 rings (SSSR count). The van der Waals surface area contributed by atoms with E-state index in [-0.39, 0.29) is 37.3 Å². The van der Waals surface area contributed by atoms with Gasteiger partial charge in [0, 0.05) is 69.3 Å². The van der Waals surface area contributed by atoms with Gasteiger partial charge in [-0.1, -0.05) is 91.4 Å². The van der Waals surface area contributed by atoms with Gasteiger partial charge in [0.15, 0.2) is 17.4 Å². The molecule has 0 spiro atoms. The van der Waals surface area contributed by atoms with Crippen LogP contribution in [0.3, 0.4) is 0 Å². The minimum Gasteiger partial charge on any atom is -0.508 e. The summed E-state index contributed by atoms with van der Waals surface area (Å²) < 4.78 is 11.0. The van der Waals surface area contributed by atoms with E-state index in [1.807, 2.05) is 12.3 Å². The summed E-state index contributed by atoms with van der Waals surface area (Å²) >= 11 is 0. The first-order valence-electron chi connectivity index (χ1n) is 16.4. The molecule has 48 heavy (non-hydrogen) atoms. The molecule has 0 saturated carbocycles. The van der Waals surface area contributed by atoms with Crippen molar-refractivity contribution in [3.05, 3.63) is 132 Å². The van der Waals surface area contributed by atoms with Crippen molar-refractivity contribution in [3.8, 4) is 17.2 Å². The second-order valence-electron chi connectivity index (χ2n) is 15.3. The van der Waals surface area contributed by atoms with Gasteiger partial charge in [0.1, 0.15) is 5.82 Å². The summed E-state index contributed by atoms with van der Waals surface area (Å²) in [5.74, 6) is 2.15. The number of imidazole rings is 1. The van der Waals surface area contributed by atoms with Crippen molar-refractivity contribution in [2.45, 2.75) is 71.6 Å². The Morgan fingerprint density at radius 2 is 1.42 bits per heavy atom. The zero-order valence-electron chi connectivity index (χ0n) is 29.3. The normalized spacial score (nSPS) is 13.9. The van der Waals surface area contributed by atoms with Crippen molar-refractivity contribution in [3.63, 3.8) is 0 Å². The summed E-state index contributed by atoms with van der Waals surface area (Å²) in [6.07, 6.45) is 4.02. The molecule has 3 heterocycles. The van der Waals surface area contributed by atoms with E-state index < -0.39 is 0 Å². The van der Waals surface area contributed by atoms with Gasteiger partial charge in [0.25, 0.3) is 0 Å². The molecule has 0 amide bonds. The molecule has 0 N–H and O–H groups in total. The van der Waals surface area contributed by atoms with Gasteiger partial charge in [0.2, 0.25) is 0 Å². The smallest absolute Gasteiger partial charge is 0.188 e. The molecule has 6 aromatic rings.